The highest BCUT2D eigenvalue weighted by Crippen LogP contribution is 2.23. The summed E-state index contributed by atoms with van der Waals surface area (Å²) in [7, 11) is -3.40. The summed E-state index contributed by atoms with van der Waals surface area (Å²) < 4.78 is 37.5. The summed E-state index contributed by atoms with van der Waals surface area (Å²) in [5.74, 6) is 0.0730. The third kappa shape index (κ3) is 3.29. The molecule has 0 aliphatic carbocycles. The first-order chi connectivity index (χ1) is 11.0. The minimum Gasteiger partial charge on any atom is -0.459 e. The number of ether oxygens (including phenoxy) is 1. The topological polar surface area (TPSA) is 80.1 Å². The SMILES string of the molecule is Cc1ccoc1C(=O)N1CCCC(S(=O)(=O)N2CCOCC2)C1. The van der Waals surface area contributed by atoms with E-state index in [0.717, 1.165) is 5.56 Å². The van der Waals surface area contributed by atoms with Crippen molar-refractivity contribution in [3.8, 4) is 0 Å². The Kier molecular flexibility index (Phi) is 4.74. The fourth-order valence-electron chi connectivity index (χ4n) is 3.11. The Balaban J connectivity index is 1.73. The fourth-order valence-corrected chi connectivity index (χ4v) is 5.03. The third-order valence-corrected chi connectivity index (χ3v) is 6.79. The molecule has 1 aromatic rings. The van der Waals surface area contributed by atoms with Gasteiger partial charge in [-0.2, -0.15) is 4.31 Å². The smallest absolute Gasteiger partial charge is 0.289 e. The number of rotatable bonds is 3. The molecule has 23 heavy (non-hydrogen) atoms. The van der Waals surface area contributed by atoms with Gasteiger partial charge in [-0.15, -0.1) is 0 Å². The molecule has 2 fully saturated rings. The average molecular weight is 342 g/mol. The largest absolute Gasteiger partial charge is 0.459 e. The molecule has 0 saturated carbocycles. The van der Waals surface area contributed by atoms with Crippen molar-refractivity contribution in [1.29, 1.82) is 0 Å². The average Bonchev–Trinajstić information content (AvgIpc) is 3.01. The summed E-state index contributed by atoms with van der Waals surface area (Å²) >= 11 is 0. The number of nitrogens with zero attached hydrogens (tertiary/aromatic N) is 2. The summed E-state index contributed by atoms with van der Waals surface area (Å²) in [6, 6.07) is 1.74. The highest BCUT2D eigenvalue weighted by molar-refractivity contribution is 7.89. The molecule has 0 radical (unpaired) electrons. The van der Waals surface area contributed by atoms with Crippen LogP contribution in [0.5, 0.6) is 0 Å². The van der Waals surface area contributed by atoms with Gasteiger partial charge in [-0.1, -0.05) is 0 Å². The molecule has 2 saturated heterocycles. The molecule has 1 unspecified atom stereocenters. The Bertz CT molecular complexity index is 663. The van der Waals surface area contributed by atoms with Gasteiger partial charge in [0.05, 0.1) is 24.7 Å². The second-order valence-corrected chi connectivity index (χ2v) is 8.22. The number of carbonyl (C=O) groups excluding carboxylic acids is 1. The van der Waals surface area contributed by atoms with E-state index >= 15 is 0 Å². The number of aryl methyl sites for hydroxylation is 1. The molecule has 1 amide bonds. The van der Waals surface area contributed by atoms with Crippen molar-refractivity contribution in [1.82, 2.24) is 9.21 Å². The molecule has 0 aromatic carbocycles. The van der Waals surface area contributed by atoms with Crippen molar-refractivity contribution in [2.75, 3.05) is 39.4 Å². The van der Waals surface area contributed by atoms with Crippen LogP contribution in [-0.4, -0.2) is 68.2 Å². The van der Waals surface area contributed by atoms with Crippen LogP contribution in [0.3, 0.4) is 0 Å². The van der Waals surface area contributed by atoms with Crippen LogP contribution in [0.25, 0.3) is 0 Å². The maximum absolute atomic E-state index is 12.8. The number of piperidine rings is 1. The van der Waals surface area contributed by atoms with Crippen LogP contribution in [0.1, 0.15) is 29.0 Å². The predicted molar refractivity (Wildman–Crippen MR) is 83.7 cm³/mol. The highest BCUT2D eigenvalue weighted by atomic mass is 32.2. The van der Waals surface area contributed by atoms with Gasteiger partial charge in [0.2, 0.25) is 10.0 Å². The molecule has 1 atom stereocenters. The first-order valence-corrected chi connectivity index (χ1v) is 9.40. The zero-order chi connectivity index (χ0) is 16.4. The van der Waals surface area contributed by atoms with Gasteiger partial charge in [0.15, 0.2) is 5.76 Å². The van der Waals surface area contributed by atoms with E-state index in [9.17, 15) is 13.2 Å². The molecule has 2 aliphatic heterocycles. The second-order valence-electron chi connectivity index (χ2n) is 6.00. The second kappa shape index (κ2) is 6.62. The summed E-state index contributed by atoms with van der Waals surface area (Å²) in [5.41, 5.74) is 0.771. The summed E-state index contributed by atoms with van der Waals surface area (Å²) in [5, 5.41) is -0.548. The van der Waals surface area contributed by atoms with Crippen LogP contribution in [0.2, 0.25) is 0 Å². The van der Waals surface area contributed by atoms with Gasteiger partial charge in [-0.05, 0) is 25.8 Å². The van der Waals surface area contributed by atoms with Gasteiger partial charge in [0, 0.05) is 31.7 Å². The number of carbonyl (C=O) groups is 1. The number of hydrogen-bond donors (Lipinski definition) is 0. The molecule has 3 heterocycles. The molecule has 0 spiro atoms. The minimum atomic E-state index is -3.40. The van der Waals surface area contributed by atoms with Crippen LogP contribution in [0, 0.1) is 6.92 Å². The van der Waals surface area contributed by atoms with Crippen LogP contribution in [0.4, 0.5) is 0 Å². The van der Waals surface area contributed by atoms with E-state index in [1.54, 1.807) is 11.0 Å². The van der Waals surface area contributed by atoms with Crippen molar-refractivity contribution in [3.63, 3.8) is 0 Å². The number of sulfonamides is 1. The Morgan fingerprint density at radius 3 is 2.65 bits per heavy atom. The van der Waals surface area contributed by atoms with E-state index in [1.165, 1.54) is 10.6 Å². The number of morpholine rings is 1. The standard InChI is InChI=1S/C15H22N2O5S/c1-12-4-8-22-14(12)15(18)16-5-2-3-13(11-16)23(19,20)17-6-9-21-10-7-17/h4,8,13H,2-3,5-7,9-11H2,1H3. The van der Waals surface area contributed by atoms with E-state index < -0.39 is 15.3 Å². The van der Waals surface area contributed by atoms with Crippen molar-refractivity contribution < 1.29 is 22.4 Å². The summed E-state index contributed by atoms with van der Waals surface area (Å²) in [6.45, 7) is 4.24. The Morgan fingerprint density at radius 2 is 2.00 bits per heavy atom. The molecule has 128 valence electrons. The molecule has 7 nitrogen and oxygen atoms in total. The Labute approximate surface area is 136 Å². The summed E-state index contributed by atoms with van der Waals surface area (Å²) in [6.07, 6.45) is 2.74. The van der Waals surface area contributed by atoms with Crippen molar-refractivity contribution >= 4 is 15.9 Å². The molecule has 3 rings (SSSR count). The zero-order valence-corrected chi connectivity index (χ0v) is 14.0. The van der Waals surface area contributed by atoms with Crippen LogP contribution < -0.4 is 0 Å². The third-order valence-electron chi connectivity index (χ3n) is 4.47. The predicted octanol–water partition coefficient (Wildman–Crippen LogP) is 0.855. The lowest BCUT2D eigenvalue weighted by atomic mass is 10.1. The molecule has 2 aliphatic rings. The van der Waals surface area contributed by atoms with Gasteiger partial charge in [-0.25, -0.2) is 8.42 Å². The monoisotopic (exact) mass is 342 g/mol. The van der Waals surface area contributed by atoms with E-state index in [4.69, 9.17) is 9.15 Å². The first-order valence-electron chi connectivity index (χ1n) is 7.90. The Morgan fingerprint density at radius 1 is 1.26 bits per heavy atom. The summed E-state index contributed by atoms with van der Waals surface area (Å²) in [4.78, 5) is 14.1. The van der Waals surface area contributed by atoms with Crippen molar-refractivity contribution in [3.05, 3.63) is 23.7 Å². The van der Waals surface area contributed by atoms with Gasteiger partial charge >= 0.3 is 0 Å². The fraction of sp³-hybridized carbons (Fsp3) is 0.667. The number of likely N-dealkylation sites (tertiary alicyclic amines) is 1. The molecular formula is C15H22N2O5S. The van der Waals surface area contributed by atoms with Crippen LogP contribution >= 0.6 is 0 Å². The number of hydrogen-bond acceptors (Lipinski definition) is 5. The van der Waals surface area contributed by atoms with E-state index in [0.29, 0.717) is 51.4 Å². The lowest BCUT2D eigenvalue weighted by molar-refractivity contribution is 0.0666. The van der Waals surface area contributed by atoms with E-state index in [-0.39, 0.29) is 12.5 Å². The van der Waals surface area contributed by atoms with Gasteiger partial charge in [0.1, 0.15) is 0 Å². The lowest BCUT2D eigenvalue weighted by Gasteiger charge is -2.36. The lowest BCUT2D eigenvalue weighted by Crippen LogP contribution is -2.51. The van der Waals surface area contributed by atoms with Crippen LogP contribution in [-0.2, 0) is 14.8 Å². The molecule has 1 aromatic heterocycles. The van der Waals surface area contributed by atoms with Gasteiger partial charge in [-0.3, -0.25) is 4.79 Å². The molecule has 8 heteroatoms. The van der Waals surface area contributed by atoms with Gasteiger partial charge in [0.25, 0.3) is 5.91 Å². The van der Waals surface area contributed by atoms with Crippen molar-refractivity contribution in [2.24, 2.45) is 0 Å². The zero-order valence-electron chi connectivity index (χ0n) is 13.2. The molecular weight excluding hydrogens is 320 g/mol. The normalized spacial score (nSPS) is 23.9. The Hall–Kier alpha value is -1.38. The molecule has 0 N–H and O–H groups in total. The van der Waals surface area contributed by atoms with Gasteiger partial charge < -0.3 is 14.1 Å². The maximum atomic E-state index is 12.8. The number of furan rings is 1. The van der Waals surface area contributed by atoms with E-state index in [1.807, 2.05) is 6.92 Å². The van der Waals surface area contributed by atoms with E-state index in [2.05, 4.69) is 0 Å². The minimum absolute atomic E-state index is 0.221. The first kappa shape index (κ1) is 16.5. The van der Waals surface area contributed by atoms with Crippen LogP contribution in [0.15, 0.2) is 16.7 Å². The number of amides is 1. The highest BCUT2D eigenvalue weighted by Gasteiger charge is 2.38. The van der Waals surface area contributed by atoms with Crippen molar-refractivity contribution in [2.45, 2.75) is 25.0 Å². The maximum Gasteiger partial charge on any atom is 0.289 e. The quantitative estimate of drug-likeness (QED) is 0.814. The molecule has 0 bridgehead atoms.